The highest BCUT2D eigenvalue weighted by Crippen LogP contribution is 2.29. The minimum atomic E-state index is -0.423. The van der Waals surface area contributed by atoms with Crippen LogP contribution in [0.2, 0.25) is 10.0 Å². The molecule has 5 heteroatoms. The van der Waals surface area contributed by atoms with Crippen LogP contribution in [0.3, 0.4) is 0 Å². The number of nitrogens with one attached hydrogen (secondary N) is 1. The molecule has 0 bridgehead atoms. The van der Waals surface area contributed by atoms with Gasteiger partial charge in [0.15, 0.2) is 0 Å². The van der Waals surface area contributed by atoms with Crippen LogP contribution < -0.4 is 5.32 Å². The quantitative estimate of drug-likeness (QED) is 0.898. The second-order valence-electron chi connectivity index (χ2n) is 5.12. The molecule has 0 heterocycles. The molecule has 0 aromatic heterocycles. The number of carbonyl (C=O) groups excluding carboxylic acids is 1. The second-order valence-corrected chi connectivity index (χ2v) is 5.93. The maximum absolute atomic E-state index is 12.0. The van der Waals surface area contributed by atoms with Crippen LogP contribution >= 0.6 is 23.2 Å². The summed E-state index contributed by atoms with van der Waals surface area (Å²) in [6, 6.07) is 5.17. The Morgan fingerprint density at radius 2 is 1.95 bits per heavy atom. The van der Waals surface area contributed by atoms with Crippen molar-refractivity contribution in [2.75, 3.05) is 6.61 Å². The summed E-state index contributed by atoms with van der Waals surface area (Å²) < 4.78 is 0. The van der Waals surface area contributed by atoms with Gasteiger partial charge in [0.2, 0.25) is 5.91 Å². The molecular weight excluding hydrogens is 285 g/mol. The number of hydrogen-bond acceptors (Lipinski definition) is 2. The van der Waals surface area contributed by atoms with Gasteiger partial charge in [0.25, 0.3) is 0 Å². The number of carbonyl (C=O) groups is 1. The molecule has 2 N–H and O–H groups in total. The fourth-order valence-electron chi connectivity index (χ4n) is 2.55. The highest BCUT2D eigenvalue weighted by atomic mass is 35.5. The Labute approximate surface area is 122 Å². The Morgan fingerprint density at radius 1 is 1.26 bits per heavy atom. The molecule has 0 spiro atoms. The molecule has 1 aliphatic rings. The van der Waals surface area contributed by atoms with E-state index < -0.39 is 5.54 Å². The van der Waals surface area contributed by atoms with E-state index in [1.807, 2.05) is 0 Å². The van der Waals surface area contributed by atoms with E-state index in [4.69, 9.17) is 23.2 Å². The topological polar surface area (TPSA) is 49.3 Å². The minimum Gasteiger partial charge on any atom is -0.394 e. The van der Waals surface area contributed by atoms with Crippen molar-refractivity contribution >= 4 is 29.1 Å². The lowest BCUT2D eigenvalue weighted by Crippen LogP contribution is -2.49. The van der Waals surface area contributed by atoms with E-state index in [0.29, 0.717) is 10.0 Å². The molecule has 0 saturated heterocycles. The monoisotopic (exact) mass is 301 g/mol. The van der Waals surface area contributed by atoms with Crippen LogP contribution in [0, 0.1) is 0 Å². The van der Waals surface area contributed by atoms with E-state index >= 15 is 0 Å². The highest BCUT2D eigenvalue weighted by Gasteiger charge is 2.34. The van der Waals surface area contributed by atoms with Crippen molar-refractivity contribution in [1.82, 2.24) is 5.32 Å². The molecular formula is C14H17Cl2NO2. The van der Waals surface area contributed by atoms with Crippen LogP contribution in [0.5, 0.6) is 0 Å². The normalized spacial score (nSPS) is 17.4. The smallest absolute Gasteiger partial charge is 0.224 e. The van der Waals surface area contributed by atoms with E-state index in [-0.39, 0.29) is 18.9 Å². The van der Waals surface area contributed by atoms with Crippen molar-refractivity contribution < 1.29 is 9.90 Å². The third-order valence-electron chi connectivity index (χ3n) is 3.62. The van der Waals surface area contributed by atoms with Crippen molar-refractivity contribution in [3.63, 3.8) is 0 Å². The average Bonchev–Trinajstić information content (AvgIpc) is 2.83. The van der Waals surface area contributed by atoms with Gasteiger partial charge in [-0.3, -0.25) is 4.79 Å². The van der Waals surface area contributed by atoms with Gasteiger partial charge in [-0.05, 0) is 30.5 Å². The molecule has 19 heavy (non-hydrogen) atoms. The molecule has 1 saturated carbocycles. The van der Waals surface area contributed by atoms with Gasteiger partial charge < -0.3 is 10.4 Å². The first-order valence-electron chi connectivity index (χ1n) is 6.40. The zero-order valence-electron chi connectivity index (χ0n) is 10.6. The lowest BCUT2D eigenvalue weighted by atomic mass is 9.98. The van der Waals surface area contributed by atoms with E-state index in [1.165, 1.54) is 0 Å². The van der Waals surface area contributed by atoms with Gasteiger partial charge in [0.1, 0.15) is 0 Å². The van der Waals surface area contributed by atoms with Crippen LogP contribution in [0.1, 0.15) is 31.2 Å². The van der Waals surface area contributed by atoms with E-state index in [9.17, 15) is 9.90 Å². The molecule has 1 fully saturated rings. The molecule has 0 unspecified atom stereocenters. The maximum atomic E-state index is 12.0. The first-order valence-corrected chi connectivity index (χ1v) is 7.16. The van der Waals surface area contributed by atoms with Gasteiger partial charge in [-0.15, -0.1) is 0 Å². The lowest BCUT2D eigenvalue weighted by Gasteiger charge is -2.28. The van der Waals surface area contributed by atoms with E-state index in [0.717, 1.165) is 31.2 Å². The Balaban J connectivity index is 1.99. The molecule has 104 valence electrons. The summed E-state index contributed by atoms with van der Waals surface area (Å²) in [6.07, 6.45) is 4.03. The number of halogens is 2. The number of hydrogen-bond donors (Lipinski definition) is 2. The number of aliphatic hydroxyl groups excluding tert-OH is 1. The molecule has 1 aliphatic carbocycles. The number of rotatable bonds is 4. The van der Waals surface area contributed by atoms with Gasteiger partial charge in [-0.1, -0.05) is 42.1 Å². The van der Waals surface area contributed by atoms with Crippen molar-refractivity contribution in [3.05, 3.63) is 33.8 Å². The van der Waals surface area contributed by atoms with Gasteiger partial charge in [0, 0.05) is 0 Å². The molecule has 1 aromatic rings. The zero-order valence-corrected chi connectivity index (χ0v) is 12.1. The van der Waals surface area contributed by atoms with Crippen LogP contribution in [0.25, 0.3) is 0 Å². The van der Waals surface area contributed by atoms with Crippen molar-refractivity contribution in [2.24, 2.45) is 0 Å². The zero-order chi connectivity index (χ0) is 13.9. The van der Waals surface area contributed by atoms with Crippen LogP contribution in [-0.2, 0) is 11.2 Å². The SMILES string of the molecule is O=C(Cc1ccc(Cl)c(Cl)c1)NC1(CO)CCCC1. The Bertz CT molecular complexity index is 471. The minimum absolute atomic E-state index is 0.000113. The van der Waals surface area contributed by atoms with E-state index in [2.05, 4.69) is 5.32 Å². The predicted octanol–water partition coefficient (Wildman–Crippen LogP) is 2.96. The molecule has 0 radical (unpaired) electrons. The number of amides is 1. The standard InChI is InChI=1S/C14H17Cl2NO2/c15-11-4-3-10(7-12(11)16)8-13(19)17-14(9-18)5-1-2-6-14/h3-4,7,18H,1-2,5-6,8-9H2,(H,17,19). The first-order chi connectivity index (χ1) is 9.04. The average molecular weight is 302 g/mol. The molecule has 1 aromatic carbocycles. The van der Waals surface area contributed by atoms with Crippen molar-refractivity contribution in [2.45, 2.75) is 37.6 Å². The van der Waals surface area contributed by atoms with Gasteiger partial charge in [-0.2, -0.15) is 0 Å². The van der Waals surface area contributed by atoms with Gasteiger partial charge in [-0.25, -0.2) is 0 Å². The van der Waals surface area contributed by atoms with Crippen molar-refractivity contribution in [3.8, 4) is 0 Å². The first kappa shape index (κ1) is 14.6. The molecule has 0 aliphatic heterocycles. The summed E-state index contributed by atoms with van der Waals surface area (Å²) in [7, 11) is 0. The highest BCUT2D eigenvalue weighted by molar-refractivity contribution is 6.42. The number of aliphatic hydroxyl groups is 1. The summed E-state index contributed by atoms with van der Waals surface area (Å²) in [5.74, 6) is -0.0886. The summed E-state index contributed by atoms with van der Waals surface area (Å²) >= 11 is 11.8. The Kier molecular flexibility index (Phi) is 4.71. The van der Waals surface area contributed by atoms with Gasteiger partial charge in [0.05, 0.1) is 28.6 Å². The summed E-state index contributed by atoms with van der Waals surface area (Å²) in [6.45, 7) is 0.000113. The van der Waals surface area contributed by atoms with Crippen LogP contribution in [-0.4, -0.2) is 23.2 Å². The predicted molar refractivity (Wildman–Crippen MR) is 76.6 cm³/mol. The summed E-state index contributed by atoms with van der Waals surface area (Å²) in [5, 5.41) is 13.3. The second kappa shape index (κ2) is 6.12. The third-order valence-corrected chi connectivity index (χ3v) is 4.36. The van der Waals surface area contributed by atoms with Crippen LogP contribution in [0.4, 0.5) is 0 Å². The molecule has 1 amide bonds. The number of benzene rings is 1. The van der Waals surface area contributed by atoms with E-state index in [1.54, 1.807) is 18.2 Å². The van der Waals surface area contributed by atoms with Gasteiger partial charge >= 0.3 is 0 Å². The molecule has 3 nitrogen and oxygen atoms in total. The maximum Gasteiger partial charge on any atom is 0.224 e. The van der Waals surface area contributed by atoms with Crippen LogP contribution in [0.15, 0.2) is 18.2 Å². The summed E-state index contributed by atoms with van der Waals surface area (Å²) in [4.78, 5) is 12.0. The fourth-order valence-corrected chi connectivity index (χ4v) is 2.87. The molecule has 2 rings (SSSR count). The Morgan fingerprint density at radius 3 is 2.53 bits per heavy atom. The summed E-state index contributed by atoms with van der Waals surface area (Å²) in [5.41, 5.74) is 0.394. The largest absolute Gasteiger partial charge is 0.394 e. The molecule has 0 atom stereocenters. The Hall–Kier alpha value is -0.770. The van der Waals surface area contributed by atoms with Crippen molar-refractivity contribution in [1.29, 1.82) is 0 Å². The third kappa shape index (κ3) is 3.62. The lowest BCUT2D eigenvalue weighted by molar-refractivity contribution is -0.122. The fraction of sp³-hybridized carbons (Fsp3) is 0.500.